The van der Waals surface area contributed by atoms with Crippen LogP contribution in [0.1, 0.15) is 28.8 Å². The number of nitrogens with one attached hydrogen (secondary N) is 2. The molecular formula is C18H20N4O2S2. The zero-order valence-electron chi connectivity index (χ0n) is 15.0. The van der Waals surface area contributed by atoms with Gasteiger partial charge in [-0.15, -0.1) is 23.1 Å². The summed E-state index contributed by atoms with van der Waals surface area (Å²) in [6.07, 6.45) is 1.65. The van der Waals surface area contributed by atoms with E-state index in [2.05, 4.69) is 20.3 Å². The van der Waals surface area contributed by atoms with Crippen molar-refractivity contribution in [2.45, 2.75) is 38.7 Å². The molecule has 6 nitrogen and oxygen atoms in total. The Bertz CT molecular complexity index is 1030. The number of thioether (sulfide) groups is 1. The lowest BCUT2D eigenvalue weighted by atomic mass is 10.2. The van der Waals surface area contributed by atoms with Crippen LogP contribution in [-0.4, -0.2) is 26.1 Å². The summed E-state index contributed by atoms with van der Waals surface area (Å²) in [5.74, 6) is 1.49. The summed E-state index contributed by atoms with van der Waals surface area (Å²) in [4.78, 5) is 38.1. The van der Waals surface area contributed by atoms with Crippen LogP contribution in [0.3, 0.4) is 0 Å². The third-order valence-electron chi connectivity index (χ3n) is 4.18. The number of aryl methyl sites for hydroxylation is 3. The SMILES string of the molecule is Cc1cccnc1NC(=O)[C@H](C)SCc1nc2sc(C)c(C)c2c(=O)[nH]1. The molecule has 1 amide bonds. The number of fused-ring (bicyclic) bond motifs is 1. The lowest BCUT2D eigenvalue weighted by Gasteiger charge is -2.12. The summed E-state index contributed by atoms with van der Waals surface area (Å²) in [6.45, 7) is 7.65. The fraction of sp³-hybridized carbons (Fsp3) is 0.333. The molecular weight excluding hydrogens is 368 g/mol. The van der Waals surface area contributed by atoms with E-state index in [0.29, 0.717) is 22.8 Å². The van der Waals surface area contributed by atoms with Gasteiger partial charge in [-0.3, -0.25) is 9.59 Å². The summed E-state index contributed by atoms with van der Waals surface area (Å²) >= 11 is 2.95. The Hall–Kier alpha value is -2.19. The van der Waals surface area contributed by atoms with Crippen LogP contribution in [0.25, 0.3) is 10.2 Å². The van der Waals surface area contributed by atoms with Crippen LogP contribution in [0.4, 0.5) is 5.82 Å². The molecule has 0 saturated carbocycles. The number of aromatic amines is 1. The van der Waals surface area contributed by atoms with Crippen LogP contribution >= 0.6 is 23.1 Å². The Kier molecular flexibility index (Phi) is 5.43. The monoisotopic (exact) mass is 388 g/mol. The van der Waals surface area contributed by atoms with Gasteiger partial charge in [-0.1, -0.05) is 6.07 Å². The molecule has 1 atom stereocenters. The minimum Gasteiger partial charge on any atom is -0.310 e. The zero-order chi connectivity index (χ0) is 18.8. The second-order valence-electron chi connectivity index (χ2n) is 6.09. The number of hydrogen-bond acceptors (Lipinski definition) is 6. The molecule has 0 bridgehead atoms. The fourth-order valence-electron chi connectivity index (χ4n) is 2.48. The Morgan fingerprint density at radius 3 is 2.88 bits per heavy atom. The molecule has 3 rings (SSSR count). The van der Waals surface area contributed by atoms with Crippen molar-refractivity contribution in [1.82, 2.24) is 15.0 Å². The third kappa shape index (κ3) is 3.81. The second kappa shape index (κ2) is 7.59. The normalized spacial score (nSPS) is 12.3. The van der Waals surface area contributed by atoms with Crippen LogP contribution < -0.4 is 10.9 Å². The van der Waals surface area contributed by atoms with Crippen molar-refractivity contribution in [3.8, 4) is 0 Å². The van der Waals surface area contributed by atoms with Crippen LogP contribution in [-0.2, 0) is 10.5 Å². The number of rotatable bonds is 5. The predicted molar refractivity (Wildman–Crippen MR) is 108 cm³/mol. The quantitative estimate of drug-likeness (QED) is 0.698. The van der Waals surface area contributed by atoms with Gasteiger partial charge in [0.1, 0.15) is 16.5 Å². The van der Waals surface area contributed by atoms with Gasteiger partial charge in [0.25, 0.3) is 5.56 Å². The highest BCUT2D eigenvalue weighted by Crippen LogP contribution is 2.26. The fourth-order valence-corrected chi connectivity index (χ4v) is 4.29. The van der Waals surface area contributed by atoms with Crippen LogP contribution in [0, 0.1) is 20.8 Å². The highest BCUT2D eigenvalue weighted by molar-refractivity contribution is 7.99. The summed E-state index contributed by atoms with van der Waals surface area (Å²) in [7, 11) is 0. The van der Waals surface area contributed by atoms with Gasteiger partial charge in [0.05, 0.1) is 16.4 Å². The van der Waals surface area contributed by atoms with Crippen molar-refractivity contribution in [3.63, 3.8) is 0 Å². The van der Waals surface area contributed by atoms with E-state index in [1.807, 2.05) is 39.8 Å². The number of amides is 1. The average molecular weight is 389 g/mol. The van der Waals surface area contributed by atoms with E-state index in [1.54, 1.807) is 6.20 Å². The van der Waals surface area contributed by atoms with E-state index in [0.717, 1.165) is 20.8 Å². The lowest BCUT2D eigenvalue weighted by molar-refractivity contribution is -0.115. The first-order valence-corrected chi connectivity index (χ1v) is 10.1. The number of pyridine rings is 1. The van der Waals surface area contributed by atoms with Crippen LogP contribution in [0.5, 0.6) is 0 Å². The molecule has 3 aromatic heterocycles. The van der Waals surface area contributed by atoms with Crippen molar-refractivity contribution in [2.24, 2.45) is 0 Å². The molecule has 3 aromatic rings. The molecule has 2 N–H and O–H groups in total. The highest BCUT2D eigenvalue weighted by atomic mass is 32.2. The van der Waals surface area contributed by atoms with Crippen molar-refractivity contribution in [2.75, 3.05) is 5.32 Å². The molecule has 0 radical (unpaired) electrons. The molecule has 3 heterocycles. The maximum absolute atomic E-state index is 12.4. The van der Waals surface area contributed by atoms with Gasteiger partial charge in [-0.25, -0.2) is 9.97 Å². The number of carbonyl (C=O) groups excluding carboxylic acids is 1. The first-order chi connectivity index (χ1) is 12.4. The molecule has 0 aliphatic carbocycles. The van der Waals surface area contributed by atoms with Gasteiger partial charge in [0.2, 0.25) is 5.91 Å². The Morgan fingerprint density at radius 1 is 1.38 bits per heavy atom. The average Bonchev–Trinajstić information content (AvgIpc) is 2.89. The zero-order valence-corrected chi connectivity index (χ0v) is 16.7. The first-order valence-electron chi connectivity index (χ1n) is 8.19. The number of carbonyl (C=O) groups is 1. The van der Waals surface area contributed by atoms with E-state index < -0.39 is 0 Å². The maximum atomic E-state index is 12.4. The molecule has 0 saturated heterocycles. The van der Waals surface area contributed by atoms with Gasteiger partial charge in [-0.05, 0) is 44.9 Å². The first kappa shape index (κ1) is 18.6. The smallest absolute Gasteiger partial charge is 0.259 e. The van der Waals surface area contributed by atoms with Gasteiger partial charge in [0, 0.05) is 11.1 Å². The molecule has 0 aromatic carbocycles. The minimum atomic E-state index is -0.302. The van der Waals surface area contributed by atoms with Gasteiger partial charge in [0.15, 0.2) is 0 Å². The maximum Gasteiger partial charge on any atom is 0.259 e. The standard InChI is InChI=1S/C18H20N4O2S2/c1-9-6-5-7-19-15(9)22-16(23)12(4)25-8-13-20-17(24)14-10(2)11(3)26-18(14)21-13/h5-7,12H,8H2,1-4H3,(H,19,22,23)(H,20,21,24)/t12-/m0/s1. The lowest BCUT2D eigenvalue weighted by Crippen LogP contribution is -2.24. The van der Waals surface area contributed by atoms with Crippen molar-refractivity contribution in [3.05, 3.63) is 50.5 Å². The minimum absolute atomic E-state index is 0.117. The number of aromatic nitrogens is 3. The number of anilines is 1. The predicted octanol–water partition coefficient (Wildman–Crippen LogP) is 3.57. The molecule has 0 aliphatic heterocycles. The number of nitrogens with zero attached hydrogens (tertiary/aromatic N) is 2. The Morgan fingerprint density at radius 2 is 2.15 bits per heavy atom. The van der Waals surface area contributed by atoms with Crippen LogP contribution in [0.15, 0.2) is 23.1 Å². The summed E-state index contributed by atoms with van der Waals surface area (Å²) in [5, 5.41) is 3.20. The van der Waals surface area contributed by atoms with E-state index in [4.69, 9.17) is 0 Å². The summed E-state index contributed by atoms with van der Waals surface area (Å²) < 4.78 is 0. The third-order valence-corrected chi connectivity index (χ3v) is 6.43. The van der Waals surface area contributed by atoms with Crippen molar-refractivity contribution >= 4 is 45.0 Å². The van der Waals surface area contributed by atoms with E-state index in [1.165, 1.54) is 23.1 Å². The summed E-state index contributed by atoms with van der Waals surface area (Å²) in [6, 6.07) is 3.73. The number of thiophene rings is 1. The van der Waals surface area contributed by atoms with E-state index >= 15 is 0 Å². The second-order valence-corrected chi connectivity index (χ2v) is 8.62. The molecule has 26 heavy (non-hydrogen) atoms. The molecule has 0 unspecified atom stereocenters. The Labute approximate surface area is 159 Å². The van der Waals surface area contributed by atoms with Crippen molar-refractivity contribution in [1.29, 1.82) is 0 Å². The van der Waals surface area contributed by atoms with Gasteiger partial charge >= 0.3 is 0 Å². The van der Waals surface area contributed by atoms with Crippen molar-refractivity contribution < 1.29 is 4.79 Å². The summed E-state index contributed by atoms with van der Waals surface area (Å²) in [5.41, 5.74) is 1.78. The molecule has 0 fully saturated rings. The van der Waals surface area contributed by atoms with Crippen LogP contribution in [0.2, 0.25) is 0 Å². The van der Waals surface area contributed by atoms with Gasteiger partial charge in [-0.2, -0.15) is 0 Å². The molecule has 0 aliphatic rings. The Balaban J connectivity index is 1.68. The number of H-pyrrole nitrogens is 1. The molecule has 8 heteroatoms. The number of hydrogen-bond donors (Lipinski definition) is 2. The molecule has 0 spiro atoms. The van der Waals surface area contributed by atoms with Gasteiger partial charge < -0.3 is 10.3 Å². The topological polar surface area (TPSA) is 87.7 Å². The highest BCUT2D eigenvalue weighted by Gasteiger charge is 2.17. The van der Waals surface area contributed by atoms with E-state index in [-0.39, 0.29) is 16.7 Å². The molecule has 136 valence electrons. The largest absolute Gasteiger partial charge is 0.310 e. The van der Waals surface area contributed by atoms with E-state index in [9.17, 15) is 9.59 Å².